The summed E-state index contributed by atoms with van der Waals surface area (Å²) >= 11 is 0. The fourth-order valence-electron chi connectivity index (χ4n) is 5.10. The van der Waals surface area contributed by atoms with Gasteiger partial charge in [0.1, 0.15) is 0 Å². The van der Waals surface area contributed by atoms with Gasteiger partial charge in [-0.25, -0.2) is 0 Å². The van der Waals surface area contributed by atoms with Crippen LogP contribution in [-0.4, -0.2) is 12.2 Å². The lowest BCUT2D eigenvalue weighted by molar-refractivity contribution is -0.0980. The van der Waals surface area contributed by atoms with Gasteiger partial charge in [-0.05, 0) is 48.3 Å². The maximum Gasteiger partial charge on any atom is 0.0947 e. The van der Waals surface area contributed by atoms with Crippen LogP contribution in [0.1, 0.15) is 59.8 Å². The first-order valence-corrected chi connectivity index (χ1v) is 7.05. The number of hydrogen-bond acceptors (Lipinski definition) is 1. The highest BCUT2D eigenvalue weighted by Crippen LogP contribution is 2.65. The van der Waals surface area contributed by atoms with Crippen molar-refractivity contribution in [1.82, 2.24) is 0 Å². The van der Waals surface area contributed by atoms with Crippen molar-refractivity contribution in [3.63, 3.8) is 0 Å². The van der Waals surface area contributed by atoms with Gasteiger partial charge in [-0.15, -0.1) is 0 Å². The smallest absolute Gasteiger partial charge is 0.0947 e. The molecule has 1 spiro atoms. The second-order valence-electron chi connectivity index (χ2n) is 7.51. The first kappa shape index (κ1) is 11.1. The van der Waals surface area contributed by atoms with Crippen LogP contribution < -0.4 is 0 Å². The van der Waals surface area contributed by atoms with Crippen LogP contribution in [0.4, 0.5) is 0 Å². The van der Waals surface area contributed by atoms with Crippen LogP contribution in [0, 0.1) is 22.7 Å². The van der Waals surface area contributed by atoms with Gasteiger partial charge in [-0.1, -0.05) is 34.1 Å². The Hall–Kier alpha value is -0.0400. The molecule has 1 heterocycles. The van der Waals surface area contributed by atoms with Gasteiger partial charge < -0.3 is 4.74 Å². The van der Waals surface area contributed by atoms with E-state index in [1.807, 2.05) is 0 Å². The second kappa shape index (κ2) is 3.04. The van der Waals surface area contributed by atoms with E-state index in [-0.39, 0.29) is 0 Å². The molecule has 0 aromatic carbocycles. The molecule has 3 rings (SSSR count). The van der Waals surface area contributed by atoms with Gasteiger partial charge in [-0.2, -0.15) is 0 Å². The average molecular weight is 222 g/mol. The van der Waals surface area contributed by atoms with Crippen LogP contribution in [-0.2, 0) is 4.74 Å². The van der Waals surface area contributed by atoms with E-state index < -0.39 is 0 Å². The highest BCUT2D eigenvalue weighted by atomic mass is 16.6. The molecule has 0 bridgehead atoms. The zero-order chi connectivity index (χ0) is 11.6. The third-order valence-corrected chi connectivity index (χ3v) is 6.43. The zero-order valence-corrected chi connectivity index (χ0v) is 11.3. The molecule has 3 aliphatic rings. The monoisotopic (exact) mass is 222 g/mol. The molecule has 3 fully saturated rings. The van der Waals surface area contributed by atoms with E-state index in [4.69, 9.17) is 4.74 Å². The van der Waals surface area contributed by atoms with E-state index in [0.717, 1.165) is 18.4 Å². The Morgan fingerprint density at radius 1 is 1.06 bits per heavy atom. The van der Waals surface area contributed by atoms with Crippen molar-refractivity contribution in [2.24, 2.45) is 22.7 Å². The Morgan fingerprint density at radius 3 is 2.38 bits per heavy atom. The summed E-state index contributed by atoms with van der Waals surface area (Å²) in [6.45, 7) is 11.0. The third kappa shape index (κ3) is 1.27. The predicted octanol–water partition coefficient (Wildman–Crippen LogP) is 4.02. The SMILES string of the molecule is CC1C2(CCC3C(C)(C)CCCC31C)CO2. The highest BCUT2D eigenvalue weighted by molar-refractivity contribution is 5.11. The van der Waals surface area contributed by atoms with E-state index in [9.17, 15) is 0 Å². The van der Waals surface area contributed by atoms with Crippen molar-refractivity contribution in [3.05, 3.63) is 0 Å². The molecule has 92 valence electrons. The molecule has 1 aliphatic heterocycles. The fourth-order valence-corrected chi connectivity index (χ4v) is 5.10. The third-order valence-electron chi connectivity index (χ3n) is 6.43. The predicted molar refractivity (Wildman–Crippen MR) is 66.3 cm³/mol. The standard InChI is InChI=1S/C15H26O/c1-11-14(4)8-5-7-13(2,3)12(14)6-9-15(11)10-16-15/h11-12H,5-10H2,1-4H3. The Balaban J connectivity index is 1.94. The van der Waals surface area contributed by atoms with E-state index in [1.54, 1.807) is 0 Å². The van der Waals surface area contributed by atoms with Crippen LogP contribution in [0.2, 0.25) is 0 Å². The van der Waals surface area contributed by atoms with Crippen LogP contribution in [0.15, 0.2) is 0 Å². The summed E-state index contributed by atoms with van der Waals surface area (Å²) in [6, 6.07) is 0. The number of hydrogen-bond donors (Lipinski definition) is 0. The van der Waals surface area contributed by atoms with Crippen LogP contribution >= 0.6 is 0 Å². The average Bonchev–Trinajstić information content (AvgIpc) is 2.94. The van der Waals surface area contributed by atoms with Crippen molar-refractivity contribution in [1.29, 1.82) is 0 Å². The Bertz CT molecular complexity index is 303. The van der Waals surface area contributed by atoms with Crippen molar-refractivity contribution in [2.75, 3.05) is 6.61 Å². The molecule has 0 N–H and O–H groups in total. The van der Waals surface area contributed by atoms with Gasteiger partial charge in [0.15, 0.2) is 0 Å². The lowest BCUT2D eigenvalue weighted by Crippen LogP contribution is -2.53. The Kier molecular flexibility index (Phi) is 2.11. The van der Waals surface area contributed by atoms with Gasteiger partial charge in [0.05, 0.1) is 12.2 Å². The van der Waals surface area contributed by atoms with E-state index in [2.05, 4.69) is 27.7 Å². The number of ether oxygens (including phenoxy) is 1. The lowest BCUT2D eigenvalue weighted by Gasteiger charge is -2.58. The fraction of sp³-hybridized carbons (Fsp3) is 1.00. The molecular weight excluding hydrogens is 196 g/mol. The molecule has 4 atom stereocenters. The summed E-state index contributed by atoms with van der Waals surface area (Å²) in [4.78, 5) is 0. The molecule has 2 aliphatic carbocycles. The van der Waals surface area contributed by atoms with Crippen molar-refractivity contribution >= 4 is 0 Å². The van der Waals surface area contributed by atoms with Gasteiger partial charge >= 0.3 is 0 Å². The number of epoxide rings is 1. The molecule has 0 amide bonds. The summed E-state index contributed by atoms with van der Waals surface area (Å²) < 4.78 is 5.83. The summed E-state index contributed by atoms with van der Waals surface area (Å²) in [7, 11) is 0. The van der Waals surface area contributed by atoms with Crippen LogP contribution in [0.25, 0.3) is 0 Å². The quantitative estimate of drug-likeness (QED) is 0.564. The normalized spacial score (nSPS) is 54.8. The molecular formula is C15H26O. The van der Waals surface area contributed by atoms with Crippen LogP contribution in [0.3, 0.4) is 0 Å². The largest absolute Gasteiger partial charge is 0.369 e. The Labute approximate surface area is 99.9 Å². The first-order chi connectivity index (χ1) is 7.41. The van der Waals surface area contributed by atoms with Gasteiger partial charge in [0, 0.05) is 0 Å². The molecule has 0 radical (unpaired) electrons. The summed E-state index contributed by atoms with van der Waals surface area (Å²) in [5.74, 6) is 1.68. The number of rotatable bonds is 0. The minimum atomic E-state index is 0.304. The molecule has 1 nitrogen and oxygen atoms in total. The van der Waals surface area contributed by atoms with E-state index in [0.29, 0.717) is 16.4 Å². The van der Waals surface area contributed by atoms with E-state index >= 15 is 0 Å². The maximum absolute atomic E-state index is 5.83. The molecule has 1 heteroatoms. The molecule has 2 saturated carbocycles. The minimum absolute atomic E-state index is 0.304. The molecule has 0 aromatic rings. The molecule has 16 heavy (non-hydrogen) atoms. The van der Waals surface area contributed by atoms with Crippen molar-refractivity contribution < 1.29 is 4.74 Å². The molecule has 4 unspecified atom stereocenters. The van der Waals surface area contributed by atoms with E-state index in [1.165, 1.54) is 32.1 Å². The summed E-state index contributed by atoms with van der Waals surface area (Å²) in [5.41, 5.74) is 1.40. The summed E-state index contributed by atoms with van der Waals surface area (Å²) in [5, 5.41) is 0. The van der Waals surface area contributed by atoms with Gasteiger partial charge in [0.2, 0.25) is 0 Å². The van der Waals surface area contributed by atoms with Gasteiger partial charge in [-0.3, -0.25) is 0 Å². The minimum Gasteiger partial charge on any atom is -0.369 e. The topological polar surface area (TPSA) is 12.5 Å². The lowest BCUT2D eigenvalue weighted by atomic mass is 9.47. The van der Waals surface area contributed by atoms with Crippen molar-refractivity contribution in [2.45, 2.75) is 65.4 Å². The Morgan fingerprint density at radius 2 is 1.75 bits per heavy atom. The zero-order valence-electron chi connectivity index (χ0n) is 11.3. The molecule has 0 aromatic heterocycles. The van der Waals surface area contributed by atoms with Crippen LogP contribution in [0.5, 0.6) is 0 Å². The molecule has 1 saturated heterocycles. The highest BCUT2D eigenvalue weighted by Gasteiger charge is 2.63. The summed E-state index contributed by atoms with van der Waals surface area (Å²) in [6.07, 6.45) is 6.98. The second-order valence-corrected chi connectivity index (χ2v) is 7.51. The van der Waals surface area contributed by atoms with Crippen molar-refractivity contribution in [3.8, 4) is 0 Å². The van der Waals surface area contributed by atoms with Gasteiger partial charge in [0.25, 0.3) is 0 Å². The first-order valence-electron chi connectivity index (χ1n) is 7.05. The maximum atomic E-state index is 5.83. The number of fused-ring (bicyclic) bond motifs is 1.